The Balaban J connectivity index is 1.93. The lowest BCUT2D eigenvalue weighted by Gasteiger charge is -2.21. The van der Waals surface area contributed by atoms with Crippen LogP contribution in [-0.2, 0) is 0 Å². The summed E-state index contributed by atoms with van der Waals surface area (Å²) in [7, 11) is 1.84. The number of anilines is 1. The van der Waals surface area contributed by atoms with Gasteiger partial charge in [0.05, 0.1) is 0 Å². The molecule has 1 heterocycles. The van der Waals surface area contributed by atoms with Gasteiger partial charge in [0.25, 0.3) is 5.91 Å². The largest absolute Gasteiger partial charge is 0.399 e. The van der Waals surface area contributed by atoms with Crippen LogP contribution in [0.5, 0.6) is 0 Å². The first-order valence-corrected chi connectivity index (χ1v) is 7.39. The van der Waals surface area contributed by atoms with Crippen molar-refractivity contribution in [2.45, 2.75) is 12.8 Å². The summed E-state index contributed by atoms with van der Waals surface area (Å²) in [6, 6.07) is 5.32. The van der Waals surface area contributed by atoms with Crippen LogP contribution in [0.4, 0.5) is 5.69 Å². The number of carbonyl (C=O) groups is 1. The van der Waals surface area contributed by atoms with Crippen LogP contribution in [0.3, 0.4) is 0 Å². The maximum atomic E-state index is 12.3. The predicted molar refractivity (Wildman–Crippen MR) is 81.2 cm³/mol. The fourth-order valence-electron chi connectivity index (χ4n) is 2.36. The molecule has 1 aliphatic rings. The molecule has 19 heavy (non-hydrogen) atoms. The normalized spacial score (nSPS) is 15.7. The van der Waals surface area contributed by atoms with Crippen LogP contribution < -0.4 is 5.73 Å². The van der Waals surface area contributed by atoms with Gasteiger partial charge in [0.1, 0.15) is 0 Å². The highest BCUT2D eigenvalue weighted by Crippen LogP contribution is 2.18. The Morgan fingerprint density at radius 3 is 2.68 bits per heavy atom. The number of rotatable bonds is 4. The molecule has 2 rings (SSSR count). The minimum Gasteiger partial charge on any atom is -0.399 e. The third-order valence-corrected chi connectivity index (χ3v) is 3.92. The average molecular weight is 326 g/mol. The summed E-state index contributed by atoms with van der Waals surface area (Å²) in [6.07, 6.45) is 2.56. The summed E-state index contributed by atoms with van der Waals surface area (Å²) in [5.74, 6) is 0.0206. The second-order valence-electron chi connectivity index (χ2n) is 5.05. The van der Waals surface area contributed by atoms with Crippen molar-refractivity contribution in [1.29, 1.82) is 0 Å². The number of amides is 1. The highest BCUT2D eigenvalue weighted by atomic mass is 79.9. The zero-order chi connectivity index (χ0) is 13.8. The first kappa shape index (κ1) is 14.3. The molecule has 1 aromatic carbocycles. The van der Waals surface area contributed by atoms with E-state index >= 15 is 0 Å². The first-order chi connectivity index (χ1) is 9.06. The number of hydrogen-bond acceptors (Lipinski definition) is 3. The Morgan fingerprint density at radius 2 is 2.05 bits per heavy atom. The topological polar surface area (TPSA) is 49.6 Å². The zero-order valence-corrected chi connectivity index (χ0v) is 12.8. The third kappa shape index (κ3) is 3.94. The average Bonchev–Trinajstić information content (AvgIpc) is 2.87. The molecule has 104 valence electrons. The van der Waals surface area contributed by atoms with Crippen LogP contribution in [0.1, 0.15) is 23.2 Å². The van der Waals surface area contributed by atoms with Gasteiger partial charge in [-0.2, -0.15) is 0 Å². The summed E-state index contributed by atoms with van der Waals surface area (Å²) < 4.78 is 0.837. The number of halogens is 1. The molecule has 0 unspecified atom stereocenters. The molecule has 0 aliphatic carbocycles. The van der Waals surface area contributed by atoms with Gasteiger partial charge in [0.15, 0.2) is 0 Å². The molecule has 4 nitrogen and oxygen atoms in total. The fraction of sp³-hybridized carbons (Fsp3) is 0.500. The number of likely N-dealkylation sites (tertiary alicyclic amines) is 1. The Bertz CT molecular complexity index is 438. The van der Waals surface area contributed by atoms with Gasteiger partial charge in [-0.3, -0.25) is 4.79 Å². The molecule has 0 saturated carbocycles. The van der Waals surface area contributed by atoms with Crippen LogP contribution in [0.15, 0.2) is 22.7 Å². The van der Waals surface area contributed by atoms with Crippen molar-refractivity contribution in [2.24, 2.45) is 0 Å². The molecule has 0 atom stereocenters. The van der Waals surface area contributed by atoms with E-state index in [1.54, 1.807) is 17.0 Å². The molecular weight excluding hydrogens is 306 g/mol. The lowest BCUT2D eigenvalue weighted by atomic mass is 10.2. The van der Waals surface area contributed by atoms with Gasteiger partial charge in [-0.15, -0.1) is 0 Å². The van der Waals surface area contributed by atoms with Crippen molar-refractivity contribution in [3.63, 3.8) is 0 Å². The number of likely N-dealkylation sites (N-methyl/N-ethyl adjacent to an activating group) is 1. The van der Waals surface area contributed by atoms with Crippen molar-refractivity contribution in [3.8, 4) is 0 Å². The number of nitrogen functional groups attached to an aromatic ring is 1. The van der Waals surface area contributed by atoms with E-state index in [1.807, 2.05) is 13.1 Å². The smallest absolute Gasteiger partial charge is 0.253 e. The summed E-state index contributed by atoms with van der Waals surface area (Å²) in [5.41, 5.74) is 7.00. The molecular formula is C14H20BrN3O. The molecule has 5 heteroatoms. The van der Waals surface area contributed by atoms with E-state index in [9.17, 15) is 4.79 Å². The standard InChI is InChI=1S/C14H20BrN3O/c1-17(6-7-18-4-2-3-5-18)14(19)11-8-12(15)10-13(16)9-11/h8-10H,2-7,16H2,1H3. The number of hydrogen-bond donors (Lipinski definition) is 1. The molecule has 0 radical (unpaired) electrons. The summed E-state index contributed by atoms with van der Waals surface area (Å²) in [6.45, 7) is 4.02. The van der Waals surface area contributed by atoms with E-state index in [0.717, 1.165) is 30.7 Å². The molecule has 2 N–H and O–H groups in total. The van der Waals surface area contributed by atoms with Gasteiger partial charge < -0.3 is 15.5 Å². The van der Waals surface area contributed by atoms with E-state index in [0.29, 0.717) is 11.3 Å². The molecule has 0 spiro atoms. The van der Waals surface area contributed by atoms with Gasteiger partial charge in [-0.05, 0) is 44.1 Å². The van der Waals surface area contributed by atoms with E-state index in [1.165, 1.54) is 12.8 Å². The molecule has 1 saturated heterocycles. The van der Waals surface area contributed by atoms with Gasteiger partial charge in [-0.1, -0.05) is 15.9 Å². The fourth-order valence-corrected chi connectivity index (χ4v) is 2.87. The van der Waals surface area contributed by atoms with Crippen molar-refractivity contribution >= 4 is 27.5 Å². The highest BCUT2D eigenvalue weighted by molar-refractivity contribution is 9.10. The third-order valence-electron chi connectivity index (χ3n) is 3.46. The van der Waals surface area contributed by atoms with Crippen LogP contribution in [0, 0.1) is 0 Å². The molecule has 1 aromatic rings. The van der Waals surface area contributed by atoms with Crippen molar-refractivity contribution in [2.75, 3.05) is 39.0 Å². The van der Waals surface area contributed by atoms with Crippen molar-refractivity contribution in [1.82, 2.24) is 9.80 Å². The second-order valence-corrected chi connectivity index (χ2v) is 5.96. The summed E-state index contributed by atoms with van der Waals surface area (Å²) in [4.78, 5) is 16.5. The van der Waals surface area contributed by atoms with Crippen LogP contribution in [0.2, 0.25) is 0 Å². The van der Waals surface area contributed by atoms with Gasteiger partial charge in [0.2, 0.25) is 0 Å². The lowest BCUT2D eigenvalue weighted by molar-refractivity contribution is 0.0782. The molecule has 1 aliphatic heterocycles. The highest BCUT2D eigenvalue weighted by Gasteiger charge is 2.16. The Kier molecular flexibility index (Phi) is 4.82. The van der Waals surface area contributed by atoms with Gasteiger partial charge >= 0.3 is 0 Å². The van der Waals surface area contributed by atoms with E-state index in [-0.39, 0.29) is 5.91 Å². The van der Waals surface area contributed by atoms with E-state index < -0.39 is 0 Å². The van der Waals surface area contributed by atoms with Crippen LogP contribution >= 0.6 is 15.9 Å². The van der Waals surface area contributed by atoms with E-state index in [2.05, 4.69) is 20.8 Å². The quantitative estimate of drug-likeness (QED) is 0.863. The number of nitrogens with zero attached hydrogens (tertiary/aromatic N) is 2. The number of carbonyl (C=O) groups excluding carboxylic acids is 1. The molecule has 0 aromatic heterocycles. The maximum Gasteiger partial charge on any atom is 0.253 e. The van der Waals surface area contributed by atoms with E-state index in [4.69, 9.17) is 5.73 Å². The summed E-state index contributed by atoms with van der Waals surface area (Å²) in [5, 5.41) is 0. The Morgan fingerprint density at radius 1 is 1.37 bits per heavy atom. The minimum atomic E-state index is 0.0206. The molecule has 1 amide bonds. The SMILES string of the molecule is CN(CCN1CCCC1)C(=O)c1cc(N)cc(Br)c1. The monoisotopic (exact) mass is 325 g/mol. The second kappa shape index (κ2) is 6.39. The predicted octanol–water partition coefficient (Wildman–Crippen LogP) is 2.20. The molecule has 1 fully saturated rings. The van der Waals surface area contributed by atoms with Gasteiger partial charge in [-0.25, -0.2) is 0 Å². The van der Waals surface area contributed by atoms with Crippen molar-refractivity contribution < 1.29 is 4.79 Å². The summed E-state index contributed by atoms with van der Waals surface area (Å²) >= 11 is 3.36. The minimum absolute atomic E-state index is 0.0206. The van der Waals surface area contributed by atoms with Crippen LogP contribution in [0.25, 0.3) is 0 Å². The van der Waals surface area contributed by atoms with Crippen molar-refractivity contribution in [3.05, 3.63) is 28.2 Å². The molecule has 0 bridgehead atoms. The lowest BCUT2D eigenvalue weighted by Crippen LogP contribution is -2.35. The first-order valence-electron chi connectivity index (χ1n) is 6.60. The Hall–Kier alpha value is -1.07. The number of benzene rings is 1. The number of nitrogens with two attached hydrogens (primary N) is 1. The maximum absolute atomic E-state index is 12.3. The van der Waals surface area contributed by atoms with Gasteiger partial charge in [0, 0.05) is 35.9 Å². The van der Waals surface area contributed by atoms with Crippen LogP contribution in [-0.4, -0.2) is 48.9 Å². The Labute approximate surface area is 122 Å². The zero-order valence-electron chi connectivity index (χ0n) is 11.2.